The van der Waals surface area contributed by atoms with E-state index in [1.54, 1.807) is 0 Å². The standard InChI is InChI=1S/C27H31N5O2/c1-19-6-5-8-21(16-19)17-25(33)32-11-10-23-22(18-32)26(29-28-23)27(34)31-14-12-30(13-15-31)24-9-4-3-7-20(24)2/h3-9,16H,10-15,17-18H2,1-2H3,(H,28,29). The Hall–Kier alpha value is -3.61. The number of benzene rings is 2. The topological polar surface area (TPSA) is 72.5 Å². The molecule has 0 atom stereocenters. The maximum absolute atomic E-state index is 13.4. The minimum absolute atomic E-state index is 0.0464. The van der Waals surface area contributed by atoms with Gasteiger partial charge in [0.1, 0.15) is 0 Å². The Labute approximate surface area is 200 Å². The Balaban J connectivity index is 1.25. The first-order valence-corrected chi connectivity index (χ1v) is 12.0. The molecular formula is C27H31N5O2. The minimum Gasteiger partial charge on any atom is -0.368 e. The molecule has 7 nitrogen and oxygen atoms in total. The number of amides is 2. The number of hydrogen-bond donors (Lipinski definition) is 1. The third kappa shape index (κ3) is 4.42. The smallest absolute Gasteiger partial charge is 0.274 e. The second kappa shape index (κ2) is 9.33. The van der Waals surface area contributed by atoms with Crippen molar-refractivity contribution in [2.45, 2.75) is 33.2 Å². The van der Waals surface area contributed by atoms with E-state index in [4.69, 9.17) is 0 Å². The average molecular weight is 458 g/mol. The Morgan fingerprint density at radius 1 is 0.941 bits per heavy atom. The number of para-hydroxylation sites is 1. The zero-order valence-corrected chi connectivity index (χ0v) is 19.9. The fourth-order valence-corrected chi connectivity index (χ4v) is 5.01. The molecule has 2 aromatic carbocycles. The zero-order valence-electron chi connectivity index (χ0n) is 19.9. The van der Waals surface area contributed by atoms with Crippen LogP contribution in [-0.4, -0.2) is 64.5 Å². The summed E-state index contributed by atoms with van der Waals surface area (Å²) in [5.74, 6) is 0.0395. The van der Waals surface area contributed by atoms with E-state index in [1.807, 2.05) is 41.0 Å². The van der Waals surface area contributed by atoms with Gasteiger partial charge in [-0.15, -0.1) is 0 Å². The van der Waals surface area contributed by atoms with Crippen molar-refractivity contribution in [1.29, 1.82) is 0 Å². The summed E-state index contributed by atoms with van der Waals surface area (Å²) in [5.41, 5.74) is 6.96. The lowest BCUT2D eigenvalue weighted by Crippen LogP contribution is -2.49. The van der Waals surface area contributed by atoms with Gasteiger partial charge in [-0.1, -0.05) is 48.0 Å². The van der Waals surface area contributed by atoms with Gasteiger partial charge in [0, 0.05) is 62.6 Å². The number of aromatic amines is 1. The van der Waals surface area contributed by atoms with Gasteiger partial charge in [0.15, 0.2) is 5.69 Å². The molecule has 2 amide bonds. The molecule has 3 heterocycles. The average Bonchev–Trinajstić information content (AvgIpc) is 3.27. The SMILES string of the molecule is Cc1cccc(CC(=O)N2CCc3[nH]nc(C(=O)N4CCN(c5ccccc5C)CC4)c3C2)c1. The summed E-state index contributed by atoms with van der Waals surface area (Å²) in [5, 5.41) is 7.44. The van der Waals surface area contributed by atoms with E-state index in [2.05, 4.69) is 46.3 Å². The van der Waals surface area contributed by atoms with E-state index < -0.39 is 0 Å². The summed E-state index contributed by atoms with van der Waals surface area (Å²) in [6.45, 7) is 8.13. The van der Waals surface area contributed by atoms with Crippen molar-refractivity contribution in [1.82, 2.24) is 20.0 Å². The van der Waals surface area contributed by atoms with Crippen LogP contribution >= 0.6 is 0 Å². The minimum atomic E-state index is -0.0464. The first-order chi connectivity index (χ1) is 16.5. The van der Waals surface area contributed by atoms with Crippen molar-refractivity contribution < 1.29 is 9.59 Å². The molecular weight excluding hydrogens is 426 g/mol. The number of H-pyrrole nitrogens is 1. The first kappa shape index (κ1) is 22.2. The number of aromatic nitrogens is 2. The lowest BCUT2D eigenvalue weighted by atomic mass is 10.0. The van der Waals surface area contributed by atoms with Gasteiger partial charge in [0.25, 0.3) is 5.91 Å². The number of fused-ring (bicyclic) bond motifs is 1. The highest BCUT2D eigenvalue weighted by atomic mass is 16.2. The van der Waals surface area contributed by atoms with Crippen molar-refractivity contribution in [3.63, 3.8) is 0 Å². The molecule has 1 fully saturated rings. The van der Waals surface area contributed by atoms with Crippen LogP contribution in [0, 0.1) is 13.8 Å². The molecule has 5 rings (SSSR count). The van der Waals surface area contributed by atoms with Crippen LogP contribution < -0.4 is 4.90 Å². The highest BCUT2D eigenvalue weighted by molar-refractivity contribution is 5.94. The van der Waals surface area contributed by atoms with Gasteiger partial charge in [-0.2, -0.15) is 5.10 Å². The number of rotatable bonds is 4. The Bertz CT molecular complexity index is 1210. The summed E-state index contributed by atoms with van der Waals surface area (Å²) < 4.78 is 0. The number of piperazine rings is 1. The molecule has 34 heavy (non-hydrogen) atoms. The molecule has 7 heteroatoms. The fourth-order valence-electron chi connectivity index (χ4n) is 5.01. The van der Waals surface area contributed by atoms with Crippen LogP contribution in [0.4, 0.5) is 5.69 Å². The molecule has 1 saturated heterocycles. The van der Waals surface area contributed by atoms with Crippen LogP contribution in [0.5, 0.6) is 0 Å². The van der Waals surface area contributed by atoms with E-state index in [-0.39, 0.29) is 11.8 Å². The van der Waals surface area contributed by atoms with Crippen molar-refractivity contribution in [3.05, 3.63) is 82.2 Å². The monoisotopic (exact) mass is 457 g/mol. The Kier molecular flexibility index (Phi) is 6.09. The quantitative estimate of drug-likeness (QED) is 0.654. The van der Waals surface area contributed by atoms with Gasteiger partial charge in [-0.05, 0) is 31.0 Å². The molecule has 176 valence electrons. The number of aryl methyl sites for hydroxylation is 2. The summed E-state index contributed by atoms with van der Waals surface area (Å²) in [4.78, 5) is 32.4. The lowest BCUT2D eigenvalue weighted by Gasteiger charge is -2.36. The number of carbonyl (C=O) groups excluding carboxylic acids is 2. The summed E-state index contributed by atoms with van der Waals surface area (Å²) >= 11 is 0. The van der Waals surface area contributed by atoms with Gasteiger partial charge >= 0.3 is 0 Å². The van der Waals surface area contributed by atoms with Crippen molar-refractivity contribution in [2.24, 2.45) is 0 Å². The van der Waals surface area contributed by atoms with Crippen molar-refractivity contribution >= 4 is 17.5 Å². The Morgan fingerprint density at radius 2 is 1.74 bits per heavy atom. The molecule has 0 aliphatic carbocycles. The van der Waals surface area contributed by atoms with E-state index in [0.29, 0.717) is 44.7 Å². The number of hydrogen-bond acceptors (Lipinski definition) is 4. The molecule has 3 aromatic rings. The second-order valence-corrected chi connectivity index (χ2v) is 9.33. The molecule has 2 aliphatic rings. The predicted molar refractivity (Wildman–Crippen MR) is 132 cm³/mol. The third-order valence-corrected chi connectivity index (χ3v) is 6.95. The van der Waals surface area contributed by atoms with Crippen LogP contribution in [0.3, 0.4) is 0 Å². The zero-order chi connectivity index (χ0) is 23.7. The van der Waals surface area contributed by atoms with Crippen LogP contribution in [0.15, 0.2) is 48.5 Å². The molecule has 1 N–H and O–H groups in total. The molecule has 0 saturated carbocycles. The molecule has 0 unspecified atom stereocenters. The normalized spacial score (nSPS) is 15.9. The highest BCUT2D eigenvalue weighted by Crippen LogP contribution is 2.25. The van der Waals surface area contributed by atoms with E-state index >= 15 is 0 Å². The van der Waals surface area contributed by atoms with Gasteiger partial charge in [0.2, 0.25) is 5.91 Å². The number of anilines is 1. The number of nitrogens with one attached hydrogen (secondary N) is 1. The number of carbonyl (C=O) groups is 2. The largest absolute Gasteiger partial charge is 0.368 e. The first-order valence-electron chi connectivity index (χ1n) is 12.0. The van der Waals surface area contributed by atoms with E-state index in [0.717, 1.165) is 35.5 Å². The van der Waals surface area contributed by atoms with Gasteiger partial charge < -0.3 is 14.7 Å². The maximum atomic E-state index is 13.4. The van der Waals surface area contributed by atoms with Crippen molar-refractivity contribution in [3.8, 4) is 0 Å². The summed E-state index contributed by atoms with van der Waals surface area (Å²) in [6, 6.07) is 16.4. The predicted octanol–water partition coefficient (Wildman–Crippen LogP) is 3.12. The number of nitrogens with zero attached hydrogens (tertiary/aromatic N) is 4. The van der Waals surface area contributed by atoms with E-state index in [9.17, 15) is 9.59 Å². The molecule has 2 aliphatic heterocycles. The van der Waals surface area contributed by atoms with Crippen LogP contribution in [0.25, 0.3) is 0 Å². The third-order valence-electron chi connectivity index (χ3n) is 6.95. The summed E-state index contributed by atoms with van der Waals surface area (Å²) in [7, 11) is 0. The van der Waals surface area contributed by atoms with Crippen LogP contribution in [-0.2, 0) is 24.2 Å². The molecule has 0 spiro atoms. The summed E-state index contributed by atoms with van der Waals surface area (Å²) in [6.07, 6.45) is 1.06. The Morgan fingerprint density at radius 3 is 2.50 bits per heavy atom. The van der Waals surface area contributed by atoms with Crippen LogP contribution in [0.2, 0.25) is 0 Å². The fraction of sp³-hybridized carbons (Fsp3) is 0.370. The lowest BCUT2D eigenvalue weighted by molar-refractivity contribution is -0.131. The second-order valence-electron chi connectivity index (χ2n) is 9.33. The molecule has 0 radical (unpaired) electrons. The van der Waals surface area contributed by atoms with Crippen LogP contribution in [0.1, 0.15) is 38.4 Å². The van der Waals surface area contributed by atoms with E-state index in [1.165, 1.54) is 11.3 Å². The van der Waals surface area contributed by atoms with Gasteiger partial charge in [0.05, 0.1) is 6.42 Å². The highest BCUT2D eigenvalue weighted by Gasteiger charge is 2.31. The maximum Gasteiger partial charge on any atom is 0.274 e. The van der Waals surface area contributed by atoms with Gasteiger partial charge in [-0.3, -0.25) is 14.7 Å². The van der Waals surface area contributed by atoms with Gasteiger partial charge in [-0.25, -0.2) is 0 Å². The molecule has 1 aromatic heterocycles. The molecule has 0 bridgehead atoms. The van der Waals surface area contributed by atoms with Crippen molar-refractivity contribution in [2.75, 3.05) is 37.6 Å².